The molecule has 0 aliphatic carbocycles. The molecule has 1 N–H and O–H groups in total. The van der Waals surface area contributed by atoms with Crippen LogP contribution in [0.1, 0.15) is 26.3 Å². The number of anilines is 1. The molecule has 178 valence electrons. The summed E-state index contributed by atoms with van der Waals surface area (Å²) in [5.74, 6) is -2.41. The lowest BCUT2D eigenvalue weighted by molar-refractivity contribution is -0.384. The number of benzene rings is 2. The van der Waals surface area contributed by atoms with Crippen molar-refractivity contribution in [3.05, 3.63) is 63.2 Å². The van der Waals surface area contributed by atoms with Crippen LogP contribution in [0.5, 0.6) is 0 Å². The van der Waals surface area contributed by atoms with Crippen LogP contribution >= 0.6 is 0 Å². The summed E-state index contributed by atoms with van der Waals surface area (Å²) in [5, 5.41) is 13.5. The van der Waals surface area contributed by atoms with Crippen molar-refractivity contribution in [1.29, 1.82) is 0 Å². The molecule has 1 fully saturated rings. The van der Waals surface area contributed by atoms with Crippen molar-refractivity contribution in [2.24, 2.45) is 0 Å². The lowest BCUT2D eigenvalue weighted by Crippen LogP contribution is -2.41. The van der Waals surface area contributed by atoms with Gasteiger partial charge in [-0.05, 0) is 30.7 Å². The molecule has 1 saturated heterocycles. The number of ether oxygens (including phenoxy) is 1. The van der Waals surface area contributed by atoms with E-state index in [4.69, 9.17) is 4.74 Å². The van der Waals surface area contributed by atoms with Gasteiger partial charge < -0.3 is 10.1 Å². The Bertz CT molecular complexity index is 1320. The van der Waals surface area contributed by atoms with Gasteiger partial charge >= 0.3 is 0 Å². The highest BCUT2D eigenvalue weighted by molar-refractivity contribution is 7.89. The number of fused-ring (bicyclic) bond motifs is 1. The van der Waals surface area contributed by atoms with Crippen LogP contribution in [0.2, 0.25) is 0 Å². The molecule has 0 atom stereocenters. The van der Waals surface area contributed by atoms with Crippen LogP contribution in [0, 0.1) is 17.0 Å². The fourth-order valence-electron chi connectivity index (χ4n) is 3.74. The summed E-state index contributed by atoms with van der Waals surface area (Å²) in [4.78, 5) is 48.8. The summed E-state index contributed by atoms with van der Waals surface area (Å²) in [5.41, 5.74) is 0.0946. The van der Waals surface area contributed by atoms with E-state index in [-0.39, 0.29) is 53.7 Å². The maximum atomic E-state index is 13.2. The van der Waals surface area contributed by atoms with Crippen molar-refractivity contribution < 1.29 is 32.5 Å². The highest BCUT2D eigenvalue weighted by Crippen LogP contribution is 2.29. The first-order valence-corrected chi connectivity index (χ1v) is 11.7. The van der Waals surface area contributed by atoms with Gasteiger partial charge in [-0.3, -0.25) is 29.4 Å². The lowest BCUT2D eigenvalue weighted by atomic mass is 10.1. The van der Waals surface area contributed by atoms with Gasteiger partial charge in [0.2, 0.25) is 15.9 Å². The van der Waals surface area contributed by atoms with Crippen molar-refractivity contribution >= 4 is 39.1 Å². The van der Waals surface area contributed by atoms with Crippen LogP contribution in [-0.4, -0.2) is 73.1 Å². The van der Waals surface area contributed by atoms with E-state index in [0.717, 1.165) is 12.1 Å². The lowest BCUT2D eigenvalue weighted by Gasteiger charge is -2.27. The molecule has 3 amide bonds. The van der Waals surface area contributed by atoms with E-state index in [1.165, 1.54) is 22.5 Å². The first-order chi connectivity index (χ1) is 16.1. The molecule has 0 radical (unpaired) electrons. The molecule has 0 bridgehead atoms. The summed E-state index contributed by atoms with van der Waals surface area (Å²) >= 11 is 0. The van der Waals surface area contributed by atoms with E-state index in [2.05, 4.69) is 5.32 Å². The maximum Gasteiger partial charge on any atom is 0.270 e. The first-order valence-electron chi connectivity index (χ1n) is 10.2. The number of imide groups is 1. The largest absolute Gasteiger partial charge is 0.379 e. The van der Waals surface area contributed by atoms with Crippen LogP contribution in [0.25, 0.3) is 0 Å². The molecule has 0 unspecified atom stereocenters. The molecule has 2 aliphatic rings. The molecule has 2 aromatic carbocycles. The van der Waals surface area contributed by atoms with Gasteiger partial charge in [0.05, 0.1) is 35.0 Å². The van der Waals surface area contributed by atoms with Crippen molar-refractivity contribution in [1.82, 2.24) is 9.21 Å². The Balaban J connectivity index is 1.55. The monoisotopic (exact) mass is 488 g/mol. The molecular formula is C21H20N4O8S. The molecule has 2 aromatic rings. The molecule has 0 saturated carbocycles. The van der Waals surface area contributed by atoms with E-state index in [0.29, 0.717) is 10.5 Å². The minimum atomic E-state index is -3.94. The number of hydrogen-bond acceptors (Lipinski definition) is 8. The minimum absolute atomic E-state index is 0.00865. The Morgan fingerprint density at radius 1 is 1.09 bits per heavy atom. The molecule has 13 heteroatoms. The third kappa shape index (κ3) is 4.27. The van der Waals surface area contributed by atoms with Gasteiger partial charge in [-0.15, -0.1) is 0 Å². The number of amides is 3. The summed E-state index contributed by atoms with van der Waals surface area (Å²) in [6.07, 6.45) is 0. The molecular weight excluding hydrogens is 468 g/mol. The smallest absolute Gasteiger partial charge is 0.270 e. The van der Waals surface area contributed by atoms with E-state index >= 15 is 0 Å². The van der Waals surface area contributed by atoms with Crippen molar-refractivity contribution in [3.63, 3.8) is 0 Å². The zero-order valence-corrected chi connectivity index (χ0v) is 18.8. The van der Waals surface area contributed by atoms with Crippen LogP contribution in [0.3, 0.4) is 0 Å². The number of sulfonamides is 1. The molecule has 0 spiro atoms. The minimum Gasteiger partial charge on any atom is -0.379 e. The number of rotatable bonds is 6. The Hall–Kier alpha value is -3.68. The third-order valence-corrected chi connectivity index (χ3v) is 7.40. The number of hydrogen-bond donors (Lipinski definition) is 1. The molecule has 2 heterocycles. The summed E-state index contributed by atoms with van der Waals surface area (Å²) in [7, 11) is -3.94. The Kier molecular flexibility index (Phi) is 6.17. The second-order valence-corrected chi connectivity index (χ2v) is 9.65. The van der Waals surface area contributed by atoms with Crippen LogP contribution in [0.15, 0.2) is 41.3 Å². The Morgan fingerprint density at radius 3 is 2.44 bits per heavy atom. The first kappa shape index (κ1) is 23.5. The zero-order valence-electron chi connectivity index (χ0n) is 18.0. The summed E-state index contributed by atoms with van der Waals surface area (Å²) < 4.78 is 32.8. The van der Waals surface area contributed by atoms with E-state index in [1.54, 1.807) is 13.0 Å². The summed E-state index contributed by atoms with van der Waals surface area (Å²) in [6, 6.07) is 7.74. The van der Waals surface area contributed by atoms with Crippen molar-refractivity contribution in [2.75, 3.05) is 38.2 Å². The van der Waals surface area contributed by atoms with Crippen molar-refractivity contribution in [2.45, 2.75) is 11.8 Å². The van der Waals surface area contributed by atoms with Gasteiger partial charge in [0.25, 0.3) is 17.5 Å². The number of carbonyl (C=O) groups excluding carboxylic acids is 3. The van der Waals surface area contributed by atoms with Gasteiger partial charge in [-0.1, -0.05) is 6.07 Å². The summed E-state index contributed by atoms with van der Waals surface area (Å²) in [6.45, 7) is 1.87. The molecule has 4 rings (SSSR count). The van der Waals surface area contributed by atoms with Crippen LogP contribution < -0.4 is 5.32 Å². The number of nitro benzene ring substituents is 1. The van der Waals surface area contributed by atoms with Crippen LogP contribution in [-0.2, 0) is 19.6 Å². The standard InChI is InChI=1S/C21H20N4O8S/c1-13-2-5-17(18(10-13)34(31,32)23-6-8-33-9-7-23)22-19(26)12-24-20(27)15-4-3-14(25(29)30)11-16(15)21(24)28/h2-5,10-11H,6-9,12H2,1H3,(H,22,26). The third-order valence-electron chi connectivity index (χ3n) is 5.47. The predicted octanol–water partition coefficient (Wildman–Crippen LogP) is 1.16. The molecule has 2 aliphatic heterocycles. The zero-order chi connectivity index (χ0) is 24.6. The molecule has 34 heavy (non-hydrogen) atoms. The van der Waals surface area contributed by atoms with Gasteiger partial charge in [-0.25, -0.2) is 8.42 Å². The topological polar surface area (TPSA) is 156 Å². The van der Waals surface area contributed by atoms with Crippen molar-refractivity contribution in [3.8, 4) is 0 Å². The van der Waals surface area contributed by atoms with E-state index < -0.39 is 39.2 Å². The highest BCUT2D eigenvalue weighted by atomic mass is 32.2. The quantitative estimate of drug-likeness (QED) is 0.361. The Labute approximate surface area is 194 Å². The number of nitro groups is 1. The maximum absolute atomic E-state index is 13.2. The van der Waals surface area contributed by atoms with Gasteiger partial charge in [-0.2, -0.15) is 4.31 Å². The SMILES string of the molecule is Cc1ccc(NC(=O)CN2C(=O)c3ccc([N+](=O)[O-])cc3C2=O)c(S(=O)(=O)N2CCOCC2)c1. The normalized spacial score (nSPS) is 16.4. The van der Waals surface area contributed by atoms with Gasteiger partial charge in [0.15, 0.2) is 0 Å². The van der Waals surface area contributed by atoms with Gasteiger partial charge in [0, 0.05) is 25.2 Å². The second-order valence-electron chi connectivity index (χ2n) is 7.75. The predicted molar refractivity (Wildman–Crippen MR) is 118 cm³/mol. The molecule has 0 aromatic heterocycles. The highest BCUT2D eigenvalue weighted by Gasteiger charge is 2.38. The number of aryl methyl sites for hydroxylation is 1. The van der Waals surface area contributed by atoms with E-state index in [1.807, 2.05) is 0 Å². The number of carbonyl (C=O) groups is 3. The van der Waals surface area contributed by atoms with Crippen LogP contribution in [0.4, 0.5) is 11.4 Å². The fraction of sp³-hybridized carbons (Fsp3) is 0.286. The molecule has 12 nitrogen and oxygen atoms in total. The van der Waals surface area contributed by atoms with E-state index in [9.17, 15) is 32.9 Å². The second kappa shape index (κ2) is 8.93. The fourth-order valence-corrected chi connectivity index (χ4v) is 5.38. The Morgan fingerprint density at radius 2 is 1.76 bits per heavy atom. The number of nitrogens with zero attached hydrogens (tertiary/aromatic N) is 3. The number of morpholine rings is 1. The van der Waals surface area contributed by atoms with Gasteiger partial charge in [0.1, 0.15) is 11.4 Å². The number of non-ortho nitro benzene ring substituents is 1. The average Bonchev–Trinajstić information content (AvgIpc) is 3.05. The number of nitrogens with one attached hydrogen (secondary N) is 1. The average molecular weight is 488 g/mol.